The molecule has 0 aromatic heterocycles. The Bertz CT molecular complexity index is 855. The van der Waals surface area contributed by atoms with Gasteiger partial charge in [0.25, 0.3) is 5.91 Å². The van der Waals surface area contributed by atoms with E-state index in [4.69, 9.17) is 14.2 Å². The van der Waals surface area contributed by atoms with Crippen molar-refractivity contribution in [2.45, 2.75) is 40.3 Å². The van der Waals surface area contributed by atoms with E-state index in [1.165, 1.54) is 18.2 Å². The lowest BCUT2D eigenvalue weighted by atomic mass is 10.1. The number of nitrogens with one attached hydrogen (secondary N) is 1. The number of aryl methyl sites for hydroxylation is 1. The predicted octanol–water partition coefficient (Wildman–Crippen LogP) is 3.43. The van der Waals surface area contributed by atoms with Gasteiger partial charge >= 0.3 is 11.9 Å². The van der Waals surface area contributed by atoms with Crippen molar-refractivity contribution in [2.24, 2.45) is 0 Å². The number of esters is 2. The maximum Gasteiger partial charge on any atom is 0.338 e. The second-order valence-corrected chi connectivity index (χ2v) is 6.65. The maximum atomic E-state index is 12.4. The third kappa shape index (κ3) is 6.62. The van der Waals surface area contributed by atoms with Gasteiger partial charge in [0.2, 0.25) is 0 Å². The monoisotopic (exact) mass is 413 g/mol. The van der Waals surface area contributed by atoms with Crippen molar-refractivity contribution >= 4 is 17.8 Å². The molecule has 0 aliphatic heterocycles. The van der Waals surface area contributed by atoms with E-state index in [-0.39, 0.29) is 36.0 Å². The van der Waals surface area contributed by atoms with Gasteiger partial charge in [-0.2, -0.15) is 0 Å². The molecule has 2 aromatic carbocycles. The zero-order valence-corrected chi connectivity index (χ0v) is 17.7. The first-order valence-corrected chi connectivity index (χ1v) is 9.83. The van der Waals surface area contributed by atoms with E-state index >= 15 is 0 Å². The van der Waals surface area contributed by atoms with Crippen LogP contribution < -0.4 is 10.1 Å². The van der Waals surface area contributed by atoms with Gasteiger partial charge in [-0.1, -0.05) is 29.8 Å². The van der Waals surface area contributed by atoms with Gasteiger partial charge in [-0.15, -0.1) is 0 Å². The summed E-state index contributed by atoms with van der Waals surface area (Å²) in [5.41, 5.74) is 2.39. The molecule has 2 aromatic rings. The zero-order valence-electron chi connectivity index (χ0n) is 17.7. The van der Waals surface area contributed by atoms with Crippen molar-refractivity contribution < 1.29 is 28.6 Å². The highest BCUT2D eigenvalue weighted by Crippen LogP contribution is 2.20. The van der Waals surface area contributed by atoms with Crippen molar-refractivity contribution in [1.82, 2.24) is 5.32 Å². The van der Waals surface area contributed by atoms with E-state index in [2.05, 4.69) is 5.32 Å². The number of carbonyl (C=O) groups excluding carboxylic acids is 3. The summed E-state index contributed by atoms with van der Waals surface area (Å²) in [6.07, 6.45) is -0.845. The number of carbonyl (C=O) groups is 3. The van der Waals surface area contributed by atoms with Gasteiger partial charge in [-0.25, -0.2) is 9.59 Å². The highest BCUT2D eigenvalue weighted by molar-refractivity contribution is 5.96. The summed E-state index contributed by atoms with van der Waals surface area (Å²) in [5.74, 6) is -1.31. The number of hydrogen-bond acceptors (Lipinski definition) is 6. The summed E-state index contributed by atoms with van der Waals surface area (Å²) in [4.78, 5) is 36.7. The standard InChI is InChI=1S/C23H27NO6/c1-5-28-22(26)18-11-19(23(27)29-6-2)13-20(12-18)30-16(4)21(25)24-14-17-9-7-15(3)8-10-17/h7-13,16H,5-6,14H2,1-4H3,(H,24,25)/t16-/m0/s1. The van der Waals surface area contributed by atoms with Crippen LogP contribution in [0.15, 0.2) is 42.5 Å². The van der Waals surface area contributed by atoms with Crippen LogP contribution in [-0.4, -0.2) is 37.2 Å². The van der Waals surface area contributed by atoms with Crippen LogP contribution in [0.2, 0.25) is 0 Å². The number of amides is 1. The highest BCUT2D eigenvalue weighted by atomic mass is 16.5. The van der Waals surface area contributed by atoms with Crippen LogP contribution >= 0.6 is 0 Å². The first-order chi connectivity index (χ1) is 14.3. The Hall–Kier alpha value is -3.35. The molecule has 0 radical (unpaired) electrons. The topological polar surface area (TPSA) is 90.9 Å². The molecule has 0 unspecified atom stereocenters. The Morgan fingerprint density at radius 3 is 1.93 bits per heavy atom. The molecule has 0 fully saturated rings. The molecule has 0 aliphatic rings. The van der Waals surface area contributed by atoms with E-state index in [9.17, 15) is 14.4 Å². The lowest BCUT2D eigenvalue weighted by Crippen LogP contribution is -2.36. The van der Waals surface area contributed by atoms with Crippen LogP contribution in [0.4, 0.5) is 0 Å². The smallest absolute Gasteiger partial charge is 0.338 e. The third-order valence-corrected chi connectivity index (χ3v) is 4.20. The average molecular weight is 413 g/mol. The summed E-state index contributed by atoms with van der Waals surface area (Å²) in [6, 6.07) is 12.1. The first-order valence-electron chi connectivity index (χ1n) is 9.83. The van der Waals surface area contributed by atoms with Crippen LogP contribution in [0.25, 0.3) is 0 Å². The maximum absolute atomic E-state index is 12.4. The fourth-order valence-electron chi connectivity index (χ4n) is 2.63. The van der Waals surface area contributed by atoms with E-state index in [1.54, 1.807) is 20.8 Å². The summed E-state index contributed by atoms with van der Waals surface area (Å²) in [6.45, 7) is 7.70. The summed E-state index contributed by atoms with van der Waals surface area (Å²) < 4.78 is 15.7. The average Bonchev–Trinajstić information content (AvgIpc) is 2.73. The Kier molecular flexibility index (Phi) is 8.41. The molecule has 160 valence electrons. The lowest BCUT2D eigenvalue weighted by Gasteiger charge is -2.16. The predicted molar refractivity (Wildman–Crippen MR) is 111 cm³/mol. The van der Waals surface area contributed by atoms with Gasteiger partial charge in [0.15, 0.2) is 6.10 Å². The van der Waals surface area contributed by atoms with E-state index < -0.39 is 18.0 Å². The number of hydrogen-bond donors (Lipinski definition) is 1. The minimum Gasteiger partial charge on any atom is -0.481 e. The van der Waals surface area contributed by atoms with Crippen molar-refractivity contribution in [3.05, 3.63) is 64.7 Å². The van der Waals surface area contributed by atoms with Gasteiger partial charge < -0.3 is 19.5 Å². The molecule has 7 nitrogen and oxygen atoms in total. The van der Waals surface area contributed by atoms with Gasteiger partial charge in [0, 0.05) is 6.54 Å². The van der Waals surface area contributed by atoms with Gasteiger partial charge in [0.1, 0.15) is 5.75 Å². The van der Waals surface area contributed by atoms with Crippen molar-refractivity contribution in [1.29, 1.82) is 0 Å². The molecule has 7 heteroatoms. The van der Waals surface area contributed by atoms with E-state index in [0.29, 0.717) is 6.54 Å². The number of rotatable bonds is 9. The lowest BCUT2D eigenvalue weighted by molar-refractivity contribution is -0.127. The minimum absolute atomic E-state index is 0.143. The summed E-state index contributed by atoms with van der Waals surface area (Å²) >= 11 is 0. The molecular weight excluding hydrogens is 386 g/mol. The van der Waals surface area contributed by atoms with E-state index in [0.717, 1.165) is 11.1 Å². The largest absolute Gasteiger partial charge is 0.481 e. The molecular formula is C23H27NO6. The van der Waals surface area contributed by atoms with Gasteiger partial charge in [-0.3, -0.25) is 4.79 Å². The molecule has 0 spiro atoms. The molecule has 0 saturated heterocycles. The summed E-state index contributed by atoms with van der Waals surface area (Å²) in [5, 5.41) is 2.81. The summed E-state index contributed by atoms with van der Waals surface area (Å²) in [7, 11) is 0. The zero-order chi connectivity index (χ0) is 22.1. The molecule has 1 N–H and O–H groups in total. The van der Waals surface area contributed by atoms with Crippen molar-refractivity contribution in [3.8, 4) is 5.75 Å². The van der Waals surface area contributed by atoms with Crippen molar-refractivity contribution in [2.75, 3.05) is 13.2 Å². The Balaban J connectivity index is 2.11. The van der Waals surface area contributed by atoms with Crippen molar-refractivity contribution in [3.63, 3.8) is 0 Å². The fraction of sp³-hybridized carbons (Fsp3) is 0.348. The second kappa shape index (κ2) is 11.0. The Labute approximate surface area is 176 Å². The minimum atomic E-state index is -0.845. The Morgan fingerprint density at radius 1 is 0.900 bits per heavy atom. The first kappa shape index (κ1) is 22.9. The molecule has 0 aliphatic carbocycles. The SMILES string of the molecule is CCOC(=O)c1cc(O[C@@H](C)C(=O)NCc2ccc(C)cc2)cc(C(=O)OCC)c1. The molecule has 2 rings (SSSR count). The molecule has 1 atom stereocenters. The highest BCUT2D eigenvalue weighted by Gasteiger charge is 2.19. The molecule has 0 heterocycles. The van der Waals surface area contributed by atoms with Crippen LogP contribution in [0.1, 0.15) is 52.6 Å². The number of ether oxygens (including phenoxy) is 3. The van der Waals surface area contributed by atoms with E-state index in [1.807, 2.05) is 31.2 Å². The molecule has 0 saturated carbocycles. The van der Waals surface area contributed by atoms with Crippen LogP contribution in [0, 0.1) is 6.92 Å². The molecule has 30 heavy (non-hydrogen) atoms. The van der Waals surface area contributed by atoms with Gasteiger partial charge in [0.05, 0.1) is 24.3 Å². The van der Waals surface area contributed by atoms with Crippen LogP contribution in [0.3, 0.4) is 0 Å². The molecule has 0 bridgehead atoms. The Morgan fingerprint density at radius 2 is 1.43 bits per heavy atom. The molecule has 1 amide bonds. The van der Waals surface area contributed by atoms with Gasteiger partial charge in [-0.05, 0) is 51.5 Å². The van der Waals surface area contributed by atoms with Crippen LogP contribution in [-0.2, 0) is 20.8 Å². The van der Waals surface area contributed by atoms with Crippen LogP contribution in [0.5, 0.6) is 5.75 Å². The second-order valence-electron chi connectivity index (χ2n) is 6.65. The number of benzene rings is 2. The normalized spacial score (nSPS) is 11.3. The quantitative estimate of drug-likeness (QED) is 0.634. The third-order valence-electron chi connectivity index (χ3n) is 4.20. The fourth-order valence-corrected chi connectivity index (χ4v) is 2.63.